The Morgan fingerprint density at radius 3 is 2.38 bits per heavy atom. The fourth-order valence-corrected chi connectivity index (χ4v) is 2.76. The van der Waals surface area contributed by atoms with E-state index < -0.39 is 0 Å². The van der Waals surface area contributed by atoms with Crippen LogP contribution in [-0.2, 0) is 10.2 Å². The second kappa shape index (κ2) is 5.28. The molecule has 1 rings (SSSR count). The zero-order chi connectivity index (χ0) is 12.3. The molecule has 0 aliphatic carbocycles. The van der Waals surface area contributed by atoms with Crippen LogP contribution in [-0.4, -0.2) is 11.6 Å². The van der Waals surface area contributed by atoms with Gasteiger partial charge in [0.2, 0.25) is 0 Å². The van der Waals surface area contributed by atoms with E-state index in [4.69, 9.17) is 9.72 Å². The van der Waals surface area contributed by atoms with Crippen molar-refractivity contribution in [3.63, 3.8) is 0 Å². The zero-order valence-electron chi connectivity index (χ0n) is 11.2. The molecule has 0 saturated carbocycles. The first-order valence-corrected chi connectivity index (χ1v) is 6.81. The third-order valence-electron chi connectivity index (χ3n) is 2.49. The standard InChI is InChI=1S/C13H23NOS/c1-7-15-11(9(2)3)12-14-10(8-16-12)13(4,5)6/h8-9,11H,7H2,1-6H3. The summed E-state index contributed by atoms with van der Waals surface area (Å²) in [5.74, 6) is 0.471. The molecule has 3 heteroatoms. The van der Waals surface area contributed by atoms with Gasteiger partial charge in [-0.2, -0.15) is 0 Å². The first-order chi connectivity index (χ1) is 7.36. The smallest absolute Gasteiger partial charge is 0.122 e. The number of aromatic nitrogens is 1. The second-order valence-corrected chi connectivity index (χ2v) is 6.33. The fraction of sp³-hybridized carbons (Fsp3) is 0.769. The molecule has 0 spiro atoms. The lowest BCUT2D eigenvalue weighted by atomic mass is 9.93. The maximum absolute atomic E-state index is 5.76. The highest BCUT2D eigenvalue weighted by molar-refractivity contribution is 7.09. The van der Waals surface area contributed by atoms with Gasteiger partial charge < -0.3 is 4.74 Å². The van der Waals surface area contributed by atoms with E-state index in [1.54, 1.807) is 11.3 Å². The normalized spacial score (nSPS) is 14.4. The van der Waals surface area contributed by atoms with Crippen molar-refractivity contribution >= 4 is 11.3 Å². The van der Waals surface area contributed by atoms with E-state index in [1.165, 1.54) is 0 Å². The van der Waals surface area contributed by atoms with Gasteiger partial charge in [0.05, 0.1) is 5.69 Å². The lowest BCUT2D eigenvalue weighted by molar-refractivity contribution is 0.0291. The van der Waals surface area contributed by atoms with E-state index in [0.29, 0.717) is 5.92 Å². The Bertz CT molecular complexity index is 325. The summed E-state index contributed by atoms with van der Waals surface area (Å²) in [4.78, 5) is 4.72. The van der Waals surface area contributed by atoms with E-state index in [9.17, 15) is 0 Å². The molecule has 0 aliphatic heterocycles. The average Bonchev–Trinajstić information content (AvgIpc) is 2.61. The highest BCUT2D eigenvalue weighted by atomic mass is 32.1. The van der Waals surface area contributed by atoms with Crippen molar-refractivity contribution in [1.29, 1.82) is 0 Å². The Balaban J connectivity index is 2.90. The Hall–Kier alpha value is -0.410. The molecule has 0 radical (unpaired) electrons. The predicted octanol–water partition coefficient (Wildman–Crippen LogP) is 4.17. The molecule has 0 fully saturated rings. The molecule has 0 aromatic carbocycles. The number of nitrogens with zero attached hydrogens (tertiary/aromatic N) is 1. The van der Waals surface area contributed by atoms with Crippen molar-refractivity contribution in [2.75, 3.05) is 6.61 Å². The maximum Gasteiger partial charge on any atom is 0.122 e. The van der Waals surface area contributed by atoms with Crippen molar-refractivity contribution in [2.45, 2.75) is 53.1 Å². The summed E-state index contributed by atoms with van der Waals surface area (Å²) in [5, 5.41) is 3.27. The zero-order valence-corrected chi connectivity index (χ0v) is 12.0. The summed E-state index contributed by atoms with van der Waals surface area (Å²) in [5.41, 5.74) is 1.29. The number of hydrogen-bond acceptors (Lipinski definition) is 3. The van der Waals surface area contributed by atoms with Crippen molar-refractivity contribution in [3.8, 4) is 0 Å². The Morgan fingerprint density at radius 1 is 1.38 bits per heavy atom. The second-order valence-electron chi connectivity index (χ2n) is 5.44. The molecule has 1 atom stereocenters. The van der Waals surface area contributed by atoms with Crippen molar-refractivity contribution < 1.29 is 4.74 Å². The fourth-order valence-electron chi connectivity index (χ4n) is 1.49. The molecular formula is C13H23NOS. The van der Waals surface area contributed by atoms with Gasteiger partial charge in [0.1, 0.15) is 11.1 Å². The Morgan fingerprint density at radius 2 is 2.00 bits per heavy atom. The molecule has 92 valence electrons. The molecular weight excluding hydrogens is 218 g/mol. The van der Waals surface area contributed by atoms with Gasteiger partial charge in [-0.1, -0.05) is 34.6 Å². The molecule has 0 amide bonds. The van der Waals surface area contributed by atoms with Crippen LogP contribution in [0.2, 0.25) is 0 Å². The van der Waals surface area contributed by atoms with Crippen LogP contribution in [0.5, 0.6) is 0 Å². The van der Waals surface area contributed by atoms with Gasteiger partial charge in [-0.25, -0.2) is 4.98 Å². The number of ether oxygens (including phenoxy) is 1. The predicted molar refractivity (Wildman–Crippen MR) is 70.0 cm³/mol. The third kappa shape index (κ3) is 3.29. The molecule has 1 heterocycles. The van der Waals surface area contributed by atoms with Crippen LogP contribution >= 0.6 is 11.3 Å². The van der Waals surface area contributed by atoms with Crippen LogP contribution < -0.4 is 0 Å². The Labute approximate surface area is 103 Å². The van der Waals surface area contributed by atoms with Crippen molar-refractivity contribution in [1.82, 2.24) is 4.98 Å². The largest absolute Gasteiger partial charge is 0.371 e. The molecule has 1 aromatic rings. The third-order valence-corrected chi connectivity index (χ3v) is 3.39. The molecule has 1 unspecified atom stereocenters. The molecule has 1 aromatic heterocycles. The molecule has 0 aliphatic rings. The van der Waals surface area contributed by atoms with Crippen LogP contribution in [0.3, 0.4) is 0 Å². The van der Waals surface area contributed by atoms with E-state index in [1.807, 2.05) is 6.92 Å². The maximum atomic E-state index is 5.76. The van der Waals surface area contributed by atoms with Crippen LogP contribution in [0, 0.1) is 5.92 Å². The Kier molecular flexibility index (Phi) is 4.51. The van der Waals surface area contributed by atoms with Crippen LogP contribution in [0.25, 0.3) is 0 Å². The summed E-state index contributed by atoms with van der Waals surface area (Å²) in [7, 11) is 0. The minimum absolute atomic E-state index is 0.127. The van der Waals surface area contributed by atoms with Crippen LogP contribution in [0.4, 0.5) is 0 Å². The van der Waals surface area contributed by atoms with E-state index >= 15 is 0 Å². The number of thiazole rings is 1. The van der Waals surface area contributed by atoms with Gasteiger partial charge in [-0.3, -0.25) is 0 Å². The van der Waals surface area contributed by atoms with Gasteiger partial charge in [-0.05, 0) is 12.8 Å². The van der Waals surface area contributed by atoms with E-state index in [-0.39, 0.29) is 11.5 Å². The molecule has 16 heavy (non-hydrogen) atoms. The summed E-state index contributed by atoms with van der Waals surface area (Å²) >= 11 is 1.72. The van der Waals surface area contributed by atoms with Crippen LogP contribution in [0.1, 0.15) is 58.3 Å². The molecule has 0 N–H and O–H groups in total. The molecule has 2 nitrogen and oxygen atoms in total. The topological polar surface area (TPSA) is 22.1 Å². The highest BCUT2D eigenvalue weighted by Crippen LogP contribution is 2.31. The van der Waals surface area contributed by atoms with Gasteiger partial charge in [0, 0.05) is 17.4 Å². The molecule has 0 saturated heterocycles. The average molecular weight is 241 g/mol. The number of rotatable bonds is 4. The van der Waals surface area contributed by atoms with Gasteiger partial charge >= 0.3 is 0 Å². The van der Waals surface area contributed by atoms with Crippen molar-refractivity contribution in [3.05, 3.63) is 16.1 Å². The number of hydrogen-bond donors (Lipinski definition) is 0. The molecule has 0 bridgehead atoms. The summed E-state index contributed by atoms with van der Waals surface area (Å²) in [6, 6.07) is 0. The summed E-state index contributed by atoms with van der Waals surface area (Å²) in [6.07, 6.45) is 0.145. The minimum Gasteiger partial charge on any atom is -0.371 e. The van der Waals surface area contributed by atoms with Crippen LogP contribution in [0.15, 0.2) is 5.38 Å². The van der Waals surface area contributed by atoms with Gasteiger partial charge in [0.15, 0.2) is 0 Å². The van der Waals surface area contributed by atoms with Gasteiger partial charge in [0.25, 0.3) is 0 Å². The summed E-state index contributed by atoms with van der Waals surface area (Å²) in [6.45, 7) is 13.7. The highest BCUT2D eigenvalue weighted by Gasteiger charge is 2.23. The lowest BCUT2D eigenvalue weighted by Gasteiger charge is -2.19. The lowest BCUT2D eigenvalue weighted by Crippen LogP contribution is -2.14. The monoisotopic (exact) mass is 241 g/mol. The first kappa shape index (κ1) is 13.7. The van der Waals surface area contributed by atoms with E-state index in [2.05, 4.69) is 40.0 Å². The SMILES string of the molecule is CCOC(c1nc(C(C)(C)C)cs1)C(C)C. The quantitative estimate of drug-likeness (QED) is 0.789. The minimum atomic E-state index is 0.127. The van der Waals surface area contributed by atoms with Crippen molar-refractivity contribution in [2.24, 2.45) is 5.92 Å². The first-order valence-electron chi connectivity index (χ1n) is 5.93. The summed E-state index contributed by atoms with van der Waals surface area (Å²) < 4.78 is 5.76. The van der Waals surface area contributed by atoms with Gasteiger partial charge in [-0.15, -0.1) is 11.3 Å². The van der Waals surface area contributed by atoms with E-state index in [0.717, 1.165) is 17.3 Å².